The average Bonchev–Trinajstić information content (AvgIpc) is 3.55. The number of aliphatic hydroxyl groups is 1. The third-order valence-corrected chi connectivity index (χ3v) is 6.53. The van der Waals surface area contributed by atoms with Crippen molar-refractivity contribution < 1.29 is 38.3 Å². The molecule has 5 rings (SSSR count). The van der Waals surface area contributed by atoms with E-state index in [1.165, 1.54) is 0 Å². The van der Waals surface area contributed by atoms with Gasteiger partial charge in [-0.2, -0.15) is 0 Å². The van der Waals surface area contributed by atoms with Crippen LogP contribution in [0.15, 0.2) is 54.6 Å². The van der Waals surface area contributed by atoms with Crippen molar-refractivity contribution in [1.29, 1.82) is 0 Å². The number of hydrogen-bond donors (Lipinski definition) is 1. The van der Waals surface area contributed by atoms with Crippen molar-refractivity contribution in [3.05, 3.63) is 71.3 Å². The summed E-state index contributed by atoms with van der Waals surface area (Å²) in [7, 11) is 1.54. The molecule has 0 saturated heterocycles. The SMILES string of the molecule is CCCOc1ccc2c(c1)CC(C(=O)Oc1ccc(OC)cc1OCCO)C2c1ccc2c(c1)OCO2.[NaH]. The molecule has 9 heteroatoms. The van der Waals surface area contributed by atoms with Crippen LogP contribution in [0, 0.1) is 5.92 Å². The monoisotopic (exact) mass is 530 g/mol. The molecule has 1 heterocycles. The van der Waals surface area contributed by atoms with E-state index in [-0.39, 0.29) is 67.2 Å². The van der Waals surface area contributed by atoms with Crippen LogP contribution in [-0.4, -0.2) is 74.4 Å². The van der Waals surface area contributed by atoms with Crippen LogP contribution >= 0.6 is 0 Å². The number of hydrogen-bond acceptors (Lipinski definition) is 8. The topological polar surface area (TPSA) is 92.7 Å². The number of carbonyl (C=O) groups is 1. The third-order valence-electron chi connectivity index (χ3n) is 6.53. The quantitative estimate of drug-likeness (QED) is 0.240. The fraction of sp³-hybridized carbons (Fsp3) is 0.345. The number of ether oxygens (including phenoxy) is 6. The Morgan fingerprint density at radius 1 is 0.947 bits per heavy atom. The summed E-state index contributed by atoms with van der Waals surface area (Å²) in [6.07, 6.45) is 1.41. The van der Waals surface area contributed by atoms with Crippen LogP contribution < -0.4 is 28.4 Å². The minimum atomic E-state index is -0.482. The second kappa shape index (κ2) is 12.8. The molecule has 0 radical (unpaired) electrons. The van der Waals surface area contributed by atoms with Crippen LogP contribution in [0.5, 0.6) is 34.5 Å². The molecule has 1 N–H and O–H groups in total. The zero-order chi connectivity index (χ0) is 25.8. The van der Waals surface area contributed by atoms with Crippen LogP contribution in [0.3, 0.4) is 0 Å². The van der Waals surface area contributed by atoms with Crippen LogP contribution in [-0.2, 0) is 11.2 Å². The molecule has 1 aliphatic heterocycles. The molecular formula is C29H31NaO8. The molecule has 0 aromatic heterocycles. The molecule has 2 atom stereocenters. The molecule has 2 aliphatic rings. The minimum absolute atomic E-state index is 0. The first-order valence-corrected chi connectivity index (χ1v) is 12.4. The molecule has 0 fully saturated rings. The number of rotatable bonds is 10. The van der Waals surface area contributed by atoms with E-state index < -0.39 is 5.92 Å². The third kappa shape index (κ3) is 5.89. The second-order valence-electron chi connectivity index (χ2n) is 8.92. The number of methoxy groups -OCH3 is 1. The van der Waals surface area contributed by atoms with Gasteiger partial charge in [-0.15, -0.1) is 0 Å². The number of fused-ring (bicyclic) bond motifs is 2. The van der Waals surface area contributed by atoms with E-state index in [1.807, 2.05) is 36.4 Å². The Labute approximate surface area is 244 Å². The molecule has 3 aromatic rings. The van der Waals surface area contributed by atoms with Gasteiger partial charge in [0.1, 0.15) is 18.1 Å². The normalized spacial score (nSPS) is 16.8. The zero-order valence-electron chi connectivity index (χ0n) is 20.9. The number of carbonyl (C=O) groups excluding carboxylic acids is 1. The summed E-state index contributed by atoms with van der Waals surface area (Å²) in [5.74, 6) is 2.19. The predicted molar refractivity (Wildman–Crippen MR) is 142 cm³/mol. The van der Waals surface area contributed by atoms with Gasteiger partial charge in [0.05, 0.1) is 26.2 Å². The molecule has 38 heavy (non-hydrogen) atoms. The van der Waals surface area contributed by atoms with Gasteiger partial charge in [0.15, 0.2) is 23.0 Å². The first-order valence-electron chi connectivity index (χ1n) is 12.4. The fourth-order valence-corrected chi connectivity index (χ4v) is 4.83. The average molecular weight is 531 g/mol. The van der Waals surface area contributed by atoms with Crippen molar-refractivity contribution in [1.82, 2.24) is 0 Å². The van der Waals surface area contributed by atoms with E-state index in [0.29, 0.717) is 36.0 Å². The van der Waals surface area contributed by atoms with E-state index in [0.717, 1.165) is 28.9 Å². The van der Waals surface area contributed by atoms with Crippen molar-refractivity contribution in [3.8, 4) is 34.5 Å². The van der Waals surface area contributed by atoms with E-state index in [4.69, 9.17) is 28.4 Å². The molecule has 0 spiro atoms. The van der Waals surface area contributed by atoms with E-state index >= 15 is 0 Å². The van der Waals surface area contributed by atoms with Crippen LogP contribution in [0.2, 0.25) is 0 Å². The fourth-order valence-electron chi connectivity index (χ4n) is 4.83. The number of aliphatic hydroxyl groups excluding tert-OH is 1. The summed E-state index contributed by atoms with van der Waals surface area (Å²) in [6.45, 7) is 2.76. The van der Waals surface area contributed by atoms with Gasteiger partial charge >= 0.3 is 35.5 Å². The van der Waals surface area contributed by atoms with Crippen molar-refractivity contribution >= 4 is 35.5 Å². The Kier molecular flexibility index (Phi) is 9.44. The van der Waals surface area contributed by atoms with Crippen molar-refractivity contribution in [2.75, 3.05) is 33.7 Å². The molecule has 8 nitrogen and oxygen atoms in total. The molecular weight excluding hydrogens is 499 g/mol. The van der Waals surface area contributed by atoms with Crippen LogP contribution in [0.4, 0.5) is 0 Å². The maximum atomic E-state index is 13.7. The Bertz CT molecular complexity index is 1280. The summed E-state index contributed by atoms with van der Waals surface area (Å²) in [5.41, 5.74) is 3.04. The first kappa shape index (κ1) is 28.1. The van der Waals surface area contributed by atoms with Gasteiger partial charge < -0.3 is 33.5 Å². The second-order valence-corrected chi connectivity index (χ2v) is 8.92. The Morgan fingerprint density at radius 2 is 1.76 bits per heavy atom. The Hall–Kier alpha value is -2.91. The van der Waals surface area contributed by atoms with Gasteiger partial charge in [-0.1, -0.05) is 19.1 Å². The number of benzene rings is 3. The molecule has 196 valence electrons. The van der Waals surface area contributed by atoms with Crippen molar-refractivity contribution in [2.45, 2.75) is 25.7 Å². The van der Waals surface area contributed by atoms with Gasteiger partial charge in [0.2, 0.25) is 6.79 Å². The van der Waals surface area contributed by atoms with Crippen LogP contribution in [0.25, 0.3) is 0 Å². The van der Waals surface area contributed by atoms with Crippen molar-refractivity contribution in [3.63, 3.8) is 0 Å². The zero-order valence-corrected chi connectivity index (χ0v) is 20.9. The Balaban J connectivity index is 0.00000336. The summed E-state index contributed by atoms with van der Waals surface area (Å²) < 4.78 is 33.7. The van der Waals surface area contributed by atoms with Gasteiger partial charge in [-0.05, 0) is 65.9 Å². The summed E-state index contributed by atoms with van der Waals surface area (Å²) in [5, 5.41) is 9.21. The first-order chi connectivity index (χ1) is 18.1. The molecule has 3 aromatic carbocycles. The Morgan fingerprint density at radius 3 is 2.55 bits per heavy atom. The van der Waals surface area contributed by atoms with E-state index in [2.05, 4.69) is 6.92 Å². The molecule has 0 saturated carbocycles. The standard InChI is InChI=1S/C29H30O8.Na.H/c1-3-11-33-21-5-7-22-19(13-21)14-23(28(22)18-4-8-24-26(15-18)36-17-35-24)29(31)37-25-9-6-20(32-2)16-27(25)34-12-10-30;;/h4-9,13,15-16,23,28,30H,3,10-12,14,17H2,1-2H3;;. The van der Waals surface area contributed by atoms with Gasteiger partial charge in [0.25, 0.3) is 0 Å². The molecule has 0 amide bonds. The van der Waals surface area contributed by atoms with E-state index in [9.17, 15) is 9.90 Å². The maximum absolute atomic E-state index is 13.7. The van der Waals surface area contributed by atoms with Crippen molar-refractivity contribution in [2.24, 2.45) is 5.92 Å². The summed E-state index contributed by atoms with van der Waals surface area (Å²) in [4.78, 5) is 13.7. The van der Waals surface area contributed by atoms with Gasteiger partial charge in [0, 0.05) is 12.0 Å². The molecule has 2 unspecified atom stereocenters. The van der Waals surface area contributed by atoms with Crippen LogP contribution in [0.1, 0.15) is 36.0 Å². The summed E-state index contributed by atoms with van der Waals surface area (Å²) >= 11 is 0. The molecule has 1 aliphatic carbocycles. The summed E-state index contributed by atoms with van der Waals surface area (Å²) in [6, 6.07) is 16.8. The van der Waals surface area contributed by atoms with E-state index in [1.54, 1.807) is 25.3 Å². The van der Waals surface area contributed by atoms with Gasteiger partial charge in [-0.25, -0.2) is 0 Å². The molecule has 0 bridgehead atoms. The van der Waals surface area contributed by atoms with Gasteiger partial charge in [-0.3, -0.25) is 4.79 Å². The predicted octanol–water partition coefficient (Wildman–Crippen LogP) is 3.85. The number of esters is 1.